The van der Waals surface area contributed by atoms with Gasteiger partial charge >= 0.3 is 11.9 Å². The van der Waals surface area contributed by atoms with Crippen molar-refractivity contribution < 1.29 is 19.1 Å². The minimum Gasteiger partial charge on any atom is -0.469 e. The summed E-state index contributed by atoms with van der Waals surface area (Å²) in [5.41, 5.74) is 7.93. The molecule has 0 fully saturated rings. The minimum absolute atomic E-state index is 0.0684. The molecule has 1 aliphatic rings. The summed E-state index contributed by atoms with van der Waals surface area (Å²) >= 11 is 0. The van der Waals surface area contributed by atoms with Gasteiger partial charge in [-0.05, 0) is 118 Å². The summed E-state index contributed by atoms with van der Waals surface area (Å²) in [6.07, 6.45) is 21.6. The molecule has 3 atom stereocenters. The second kappa shape index (κ2) is 19.5. The molecule has 1 aliphatic carbocycles. The van der Waals surface area contributed by atoms with Crippen LogP contribution in [0.5, 0.6) is 0 Å². The van der Waals surface area contributed by atoms with Gasteiger partial charge in [-0.3, -0.25) is 9.59 Å². The van der Waals surface area contributed by atoms with Crippen LogP contribution in [-0.4, -0.2) is 26.2 Å². The monoisotopic (exact) mass is 552 g/mol. The maximum atomic E-state index is 12.9. The lowest BCUT2D eigenvalue weighted by atomic mass is 9.70. The van der Waals surface area contributed by atoms with Gasteiger partial charge in [0.1, 0.15) is 0 Å². The average molecular weight is 553 g/mol. The van der Waals surface area contributed by atoms with Crippen molar-refractivity contribution in [1.29, 1.82) is 0 Å². The number of esters is 2. The fraction of sp³-hybridized carbons (Fsp3) is 0.611. The van der Waals surface area contributed by atoms with Gasteiger partial charge in [-0.2, -0.15) is 0 Å². The van der Waals surface area contributed by atoms with Crippen LogP contribution in [0, 0.1) is 17.8 Å². The van der Waals surface area contributed by atoms with E-state index in [-0.39, 0.29) is 17.9 Å². The van der Waals surface area contributed by atoms with Crippen molar-refractivity contribution in [3.05, 3.63) is 70.4 Å². The van der Waals surface area contributed by atoms with Crippen molar-refractivity contribution in [2.24, 2.45) is 17.8 Å². The summed E-state index contributed by atoms with van der Waals surface area (Å²) < 4.78 is 10.3. The first-order chi connectivity index (χ1) is 19.0. The number of methoxy groups -OCH3 is 2. The van der Waals surface area contributed by atoms with Gasteiger partial charge in [-0.1, -0.05) is 70.4 Å². The SMILES string of the molecule is C=C(CC/C=C(\C)CCC=C(C)C)CC[C@H]1C=C(CC/C=C(\C)CCC=C(C)C)C[C@H](C(=O)OC)[C@H]1C(=O)OC. The summed E-state index contributed by atoms with van der Waals surface area (Å²) in [6, 6.07) is 0. The third-order valence-corrected chi connectivity index (χ3v) is 7.77. The molecule has 0 saturated heterocycles. The van der Waals surface area contributed by atoms with Gasteiger partial charge in [0, 0.05) is 0 Å². The van der Waals surface area contributed by atoms with Gasteiger partial charge in [0.2, 0.25) is 0 Å². The molecule has 0 heterocycles. The predicted octanol–water partition coefficient (Wildman–Crippen LogP) is 9.79. The van der Waals surface area contributed by atoms with Crippen molar-refractivity contribution in [2.75, 3.05) is 14.2 Å². The minimum atomic E-state index is -0.521. The first-order valence-electron chi connectivity index (χ1n) is 15.1. The van der Waals surface area contributed by atoms with Crippen LogP contribution in [0.1, 0.15) is 112 Å². The van der Waals surface area contributed by atoms with Crippen LogP contribution < -0.4 is 0 Å². The molecule has 0 N–H and O–H groups in total. The van der Waals surface area contributed by atoms with Gasteiger partial charge in [-0.25, -0.2) is 0 Å². The summed E-state index contributed by atoms with van der Waals surface area (Å²) in [5, 5.41) is 0. The quantitative estimate of drug-likeness (QED) is 0.133. The van der Waals surface area contributed by atoms with E-state index in [1.165, 1.54) is 47.7 Å². The van der Waals surface area contributed by atoms with Gasteiger partial charge in [0.05, 0.1) is 26.1 Å². The van der Waals surface area contributed by atoms with Gasteiger partial charge in [-0.15, -0.1) is 0 Å². The first-order valence-corrected chi connectivity index (χ1v) is 15.1. The Morgan fingerprint density at radius 1 is 0.775 bits per heavy atom. The van der Waals surface area contributed by atoms with Gasteiger partial charge in [0.15, 0.2) is 0 Å². The Kier molecular flexibility index (Phi) is 17.2. The highest BCUT2D eigenvalue weighted by atomic mass is 16.5. The van der Waals surface area contributed by atoms with E-state index in [2.05, 4.69) is 78.5 Å². The Morgan fingerprint density at radius 3 is 1.82 bits per heavy atom. The van der Waals surface area contributed by atoms with Crippen LogP contribution in [0.4, 0.5) is 0 Å². The van der Waals surface area contributed by atoms with Crippen molar-refractivity contribution >= 4 is 11.9 Å². The highest BCUT2D eigenvalue weighted by molar-refractivity contribution is 5.83. The van der Waals surface area contributed by atoms with E-state index >= 15 is 0 Å². The Labute approximate surface area is 245 Å². The average Bonchev–Trinajstić information content (AvgIpc) is 2.90. The molecular formula is C36H56O4. The van der Waals surface area contributed by atoms with Crippen molar-refractivity contribution in [3.63, 3.8) is 0 Å². The maximum absolute atomic E-state index is 12.9. The van der Waals surface area contributed by atoms with Crippen LogP contribution in [0.25, 0.3) is 0 Å². The lowest BCUT2D eigenvalue weighted by molar-refractivity contribution is -0.159. The number of carbonyl (C=O) groups is 2. The molecule has 0 radical (unpaired) electrons. The van der Waals surface area contributed by atoms with Gasteiger partial charge < -0.3 is 9.47 Å². The largest absolute Gasteiger partial charge is 0.469 e. The molecule has 0 aromatic rings. The second-order valence-electron chi connectivity index (χ2n) is 12.0. The van der Waals surface area contributed by atoms with Gasteiger partial charge in [0.25, 0.3) is 0 Å². The Morgan fingerprint density at radius 2 is 1.30 bits per heavy atom. The van der Waals surface area contributed by atoms with Crippen molar-refractivity contribution in [2.45, 2.75) is 112 Å². The van der Waals surface area contributed by atoms with E-state index in [9.17, 15) is 9.59 Å². The number of carbonyl (C=O) groups excluding carboxylic acids is 2. The molecular weight excluding hydrogens is 496 g/mol. The number of allylic oxidation sites excluding steroid dienone is 11. The van der Waals surface area contributed by atoms with E-state index in [0.29, 0.717) is 6.42 Å². The van der Waals surface area contributed by atoms with Crippen LogP contribution in [-0.2, 0) is 19.1 Å². The number of rotatable bonds is 17. The Hall–Kier alpha value is -2.62. The lowest BCUT2D eigenvalue weighted by Crippen LogP contribution is -2.39. The summed E-state index contributed by atoms with van der Waals surface area (Å²) in [5.74, 6) is -1.75. The molecule has 0 aromatic carbocycles. The van der Waals surface area contributed by atoms with E-state index in [4.69, 9.17) is 9.47 Å². The zero-order valence-electron chi connectivity index (χ0n) is 26.7. The zero-order chi connectivity index (χ0) is 30.1. The molecule has 40 heavy (non-hydrogen) atoms. The fourth-order valence-electron chi connectivity index (χ4n) is 5.39. The van der Waals surface area contributed by atoms with Crippen molar-refractivity contribution in [1.82, 2.24) is 0 Å². The van der Waals surface area contributed by atoms with E-state index in [1.54, 1.807) is 0 Å². The standard InChI is InChI=1S/C36H56O4/c1-26(2)14-10-16-28(5)18-12-19-30(7)22-23-32-24-31(21-13-20-29(6)17-11-15-27(3)4)25-33(35(37)39-8)34(32)36(38)40-9/h14-15,18,20,24,32-34H,7,10-13,16-17,19,21-23,25H2,1-6,8-9H3/b28-18+,29-20+/t32-,33-,34-/m0/s1. The molecule has 0 saturated carbocycles. The molecule has 0 aliphatic heterocycles. The number of ether oxygens (including phenoxy) is 2. The number of hydrogen-bond donors (Lipinski definition) is 0. The van der Waals surface area contributed by atoms with Crippen LogP contribution in [0.15, 0.2) is 70.4 Å². The molecule has 0 amide bonds. The Bertz CT molecular complexity index is 980. The second-order valence-corrected chi connectivity index (χ2v) is 12.0. The van der Waals surface area contributed by atoms with Crippen LogP contribution in [0.3, 0.4) is 0 Å². The zero-order valence-corrected chi connectivity index (χ0v) is 26.7. The van der Waals surface area contributed by atoms with E-state index < -0.39 is 11.8 Å². The van der Waals surface area contributed by atoms with Crippen molar-refractivity contribution in [3.8, 4) is 0 Å². The molecule has 0 unspecified atom stereocenters. The molecule has 0 aromatic heterocycles. The topological polar surface area (TPSA) is 52.6 Å². The fourth-order valence-corrected chi connectivity index (χ4v) is 5.39. The smallest absolute Gasteiger partial charge is 0.310 e. The van der Waals surface area contributed by atoms with E-state index in [0.717, 1.165) is 64.2 Å². The molecule has 224 valence electrons. The molecule has 0 bridgehead atoms. The maximum Gasteiger partial charge on any atom is 0.310 e. The predicted molar refractivity (Wildman–Crippen MR) is 169 cm³/mol. The summed E-state index contributed by atoms with van der Waals surface area (Å²) in [7, 11) is 2.81. The number of hydrogen-bond acceptors (Lipinski definition) is 4. The highest BCUT2D eigenvalue weighted by Crippen LogP contribution is 2.40. The summed E-state index contributed by atoms with van der Waals surface area (Å²) in [4.78, 5) is 25.7. The molecule has 0 spiro atoms. The highest BCUT2D eigenvalue weighted by Gasteiger charge is 2.43. The van der Waals surface area contributed by atoms with Crippen LogP contribution >= 0.6 is 0 Å². The first kappa shape index (κ1) is 35.4. The summed E-state index contributed by atoms with van der Waals surface area (Å²) in [6.45, 7) is 17.2. The molecule has 4 nitrogen and oxygen atoms in total. The molecule has 4 heteroatoms. The lowest BCUT2D eigenvalue weighted by Gasteiger charge is -2.34. The van der Waals surface area contributed by atoms with E-state index in [1.807, 2.05) is 0 Å². The molecule has 1 rings (SSSR count). The Balaban J connectivity index is 2.89. The van der Waals surface area contributed by atoms with Crippen LogP contribution in [0.2, 0.25) is 0 Å². The third-order valence-electron chi connectivity index (χ3n) is 7.77. The third kappa shape index (κ3) is 14.1. The normalized spacial score (nSPS) is 19.4.